The molecule has 0 fully saturated rings. The Morgan fingerprint density at radius 2 is 0.600 bits per heavy atom. The van der Waals surface area contributed by atoms with Gasteiger partial charge in [0.05, 0.1) is 0 Å². The maximum atomic E-state index is 2.26. The van der Waals surface area contributed by atoms with Crippen LogP contribution in [0.1, 0.15) is 90.0 Å². The van der Waals surface area contributed by atoms with Crippen molar-refractivity contribution in [3.8, 4) is 0 Å². The van der Waals surface area contributed by atoms with Crippen molar-refractivity contribution < 1.29 is 0 Å². The molecule has 0 nitrogen and oxygen atoms in total. The molecule has 0 aliphatic heterocycles. The fraction of sp³-hybridized carbons (Fsp3) is 1.00. The summed E-state index contributed by atoms with van der Waals surface area (Å²) in [5, 5.41) is 0. The standard InChI is InChI=1S/C7H16.4C2H6/c1-6(2)7(3,4)5;4*1-2/h6H,1-5H3;4*1-2H3. The van der Waals surface area contributed by atoms with Gasteiger partial charge in [0.15, 0.2) is 0 Å². The van der Waals surface area contributed by atoms with E-state index >= 15 is 0 Å². The lowest BCUT2D eigenvalue weighted by molar-refractivity contribution is 0.283. The van der Waals surface area contributed by atoms with Gasteiger partial charge in [0.2, 0.25) is 0 Å². The topological polar surface area (TPSA) is 0 Å². The van der Waals surface area contributed by atoms with Gasteiger partial charge in [0, 0.05) is 0 Å². The average molecular weight is 220 g/mol. The van der Waals surface area contributed by atoms with E-state index in [0.29, 0.717) is 5.41 Å². The Morgan fingerprint density at radius 1 is 0.533 bits per heavy atom. The van der Waals surface area contributed by atoms with Crippen molar-refractivity contribution >= 4 is 0 Å². The Kier molecular flexibility index (Phi) is 57.3. The summed E-state index contributed by atoms with van der Waals surface area (Å²) in [6.07, 6.45) is 0. The molecule has 15 heavy (non-hydrogen) atoms. The Morgan fingerprint density at radius 3 is 0.600 bits per heavy atom. The van der Waals surface area contributed by atoms with Gasteiger partial charge in [-0.3, -0.25) is 0 Å². The minimum Gasteiger partial charge on any atom is -0.0683 e. The number of hydrogen-bond donors (Lipinski definition) is 0. The van der Waals surface area contributed by atoms with Gasteiger partial charge in [-0.05, 0) is 11.3 Å². The minimum absolute atomic E-state index is 0.500. The summed E-state index contributed by atoms with van der Waals surface area (Å²) in [7, 11) is 0. The van der Waals surface area contributed by atoms with Crippen LogP contribution in [0.5, 0.6) is 0 Å². The molecule has 0 aliphatic rings. The van der Waals surface area contributed by atoms with Gasteiger partial charge >= 0.3 is 0 Å². The van der Waals surface area contributed by atoms with Crippen LogP contribution in [0.25, 0.3) is 0 Å². The van der Waals surface area contributed by atoms with Crippen molar-refractivity contribution in [2.45, 2.75) is 90.0 Å². The SMILES string of the molecule is CC.CC.CC.CC.CC(C)C(C)(C)C. The first-order chi connectivity index (χ1) is 6.94. The van der Waals surface area contributed by atoms with Crippen molar-refractivity contribution in [2.75, 3.05) is 0 Å². The van der Waals surface area contributed by atoms with Crippen molar-refractivity contribution in [1.82, 2.24) is 0 Å². The molecule has 0 heteroatoms. The molecule has 0 radical (unpaired) electrons. The number of rotatable bonds is 0. The Labute approximate surface area is 102 Å². The lowest BCUT2D eigenvalue weighted by Crippen LogP contribution is -2.12. The molecule has 0 aliphatic carbocycles. The first-order valence-electron chi connectivity index (χ1n) is 6.94. The van der Waals surface area contributed by atoms with E-state index in [1.165, 1.54) is 0 Å². The zero-order valence-electron chi connectivity index (χ0n) is 14.1. The molecule has 0 saturated carbocycles. The largest absolute Gasteiger partial charge is 0.0683 e. The second-order valence-corrected chi connectivity index (χ2v) is 3.52. The van der Waals surface area contributed by atoms with Crippen LogP contribution >= 0.6 is 0 Å². The normalized spacial score (nSPS) is 7.60. The van der Waals surface area contributed by atoms with Crippen LogP contribution in [-0.2, 0) is 0 Å². The molecule has 0 atom stereocenters. The number of hydrogen-bond acceptors (Lipinski definition) is 0. The second kappa shape index (κ2) is 29.2. The predicted octanol–water partition coefficient (Wildman–Crippen LogP) is 6.79. The zero-order chi connectivity index (χ0) is 14.1. The van der Waals surface area contributed by atoms with E-state index in [1.54, 1.807) is 0 Å². The molecule has 0 heterocycles. The van der Waals surface area contributed by atoms with E-state index in [9.17, 15) is 0 Å². The third-order valence-electron chi connectivity index (χ3n) is 1.73. The lowest BCUT2D eigenvalue weighted by Gasteiger charge is -2.22. The summed E-state index contributed by atoms with van der Waals surface area (Å²) in [6, 6.07) is 0. The third-order valence-corrected chi connectivity index (χ3v) is 1.73. The average Bonchev–Trinajstić information content (AvgIpc) is 2.28. The quantitative estimate of drug-likeness (QED) is 0.421. The van der Waals surface area contributed by atoms with Gasteiger partial charge in [-0.1, -0.05) is 90.0 Å². The Hall–Kier alpha value is 0. The van der Waals surface area contributed by atoms with E-state index < -0.39 is 0 Å². The zero-order valence-corrected chi connectivity index (χ0v) is 14.1. The third kappa shape index (κ3) is 56.0. The summed E-state index contributed by atoms with van der Waals surface area (Å²) in [5.74, 6) is 0.799. The van der Waals surface area contributed by atoms with Gasteiger partial charge in [0.1, 0.15) is 0 Å². The lowest BCUT2D eigenvalue weighted by atomic mass is 9.84. The fourth-order valence-corrected chi connectivity index (χ4v) is 0. The molecular formula is C15H40. The van der Waals surface area contributed by atoms with Gasteiger partial charge in [-0.2, -0.15) is 0 Å². The second-order valence-electron chi connectivity index (χ2n) is 3.52. The van der Waals surface area contributed by atoms with Gasteiger partial charge in [-0.25, -0.2) is 0 Å². The highest BCUT2D eigenvalue weighted by Crippen LogP contribution is 2.23. The summed E-state index contributed by atoms with van der Waals surface area (Å²) < 4.78 is 0. The summed E-state index contributed by atoms with van der Waals surface area (Å²) in [6.45, 7) is 27.3. The molecule has 0 aromatic heterocycles. The van der Waals surface area contributed by atoms with E-state index in [0.717, 1.165) is 5.92 Å². The minimum atomic E-state index is 0.500. The van der Waals surface area contributed by atoms with Crippen molar-refractivity contribution in [2.24, 2.45) is 11.3 Å². The maximum absolute atomic E-state index is 2.26. The van der Waals surface area contributed by atoms with E-state index in [1.807, 2.05) is 55.4 Å². The molecule has 100 valence electrons. The summed E-state index contributed by atoms with van der Waals surface area (Å²) in [5.41, 5.74) is 0.500. The first kappa shape index (κ1) is 29.4. The molecule has 0 aromatic carbocycles. The molecule has 0 unspecified atom stereocenters. The van der Waals surface area contributed by atoms with Crippen LogP contribution in [0.2, 0.25) is 0 Å². The molecule has 0 N–H and O–H groups in total. The molecule has 0 amide bonds. The molecule has 0 saturated heterocycles. The van der Waals surface area contributed by atoms with Crippen molar-refractivity contribution in [3.05, 3.63) is 0 Å². The maximum Gasteiger partial charge on any atom is -0.0360 e. The van der Waals surface area contributed by atoms with Crippen LogP contribution < -0.4 is 0 Å². The van der Waals surface area contributed by atoms with Gasteiger partial charge in [-0.15, -0.1) is 0 Å². The van der Waals surface area contributed by atoms with E-state index in [-0.39, 0.29) is 0 Å². The summed E-state index contributed by atoms with van der Waals surface area (Å²) in [4.78, 5) is 0. The molecular weight excluding hydrogens is 180 g/mol. The molecule has 0 aromatic rings. The smallest absolute Gasteiger partial charge is 0.0360 e. The van der Waals surface area contributed by atoms with Crippen LogP contribution in [0, 0.1) is 11.3 Å². The molecule has 0 spiro atoms. The Bertz CT molecular complexity index is 45.5. The Balaban J connectivity index is -0.0000000353. The monoisotopic (exact) mass is 220 g/mol. The van der Waals surface area contributed by atoms with Crippen LogP contribution in [0.3, 0.4) is 0 Å². The van der Waals surface area contributed by atoms with E-state index in [2.05, 4.69) is 34.6 Å². The predicted molar refractivity (Wildman–Crippen MR) is 79.7 cm³/mol. The fourth-order valence-electron chi connectivity index (χ4n) is 0. The highest BCUT2D eigenvalue weighted by atomic mass is 14.2. The van der Waals surface area contributed by atoms with Crippen molar-refractivity contribution in [3.63, 3.8) is 0 Å². The highest BCUT2D eigenvalue weighted by molar-refractivity contribution is 4.64. The molecule has 0 bridgehead atoms. The summed E-state index contributed by atoms with van der Waals surface area (Å²) >= 11 is 0. The van der Waals surface area contributed by atoms with Gasteiger partial charge in [0.25, 0.3) is 0 Å². The van der Waals surface area contributed by atoms with Crippen molar-refractivity contribution in [1.29, 1.82) is 0 Å². The van der Waals surface area contributed by atoms with Crippen LogP contribution in [0.15, 0.2) is 0 Å². The van der Waals surface area contributed by atoms with Gasteiger partial charge < -0.3 is 0 Å². The van der Waals surface area contributed by atoms with Crippen LogP contribution in [-0.4, -0.2) is 0 Å². The first-order valence-corrected chi connectivity index (χ1v) is 6.94. The highest BCUT2D eigenvalue weighted by Gasteiger charge is 2.13. The van der Waals surface area contributed by atoms with Crippen LogP contribution in [0.4, 0.5) is 0 Å². The molecule has 0 rings (SSSR count). The van der Waals surface area contributed by atoms with E-state index in [4.69, 9.17) is 0 Å².